The summed E-state index contributed by atoms with van der Waals surface area (Å²) in [6.45, 7) is 0. The molecule has 1 aliphatic rings. The van der Waals surface area contributed by atoms with E-state index in [1.165, 1.54) is 25.3 Å². The number of nitrogens with two attached hydrogens (primary N) is 1. The Kier molecular flexibility index (Phi) is 3.90. The largest absolute Gasteiger partial charge is 0.324 e. The molecule has 1 aromatic carbocycles. The highest BCUT2D eigenvalue weighted by Gasteiger charge is 2.25. The van der Waals surface area contributed by atoms with Gasteiger partial charge in [0.15, 0.2) is 0 Å². The van der Waals surface area contributed by atoms with Gasteiger partial charge in [-0.05, 0) is 36.5 Å². The standard InChI is InChI=1S/C11H14FN.ClH/c12-10-6-2-5-9(7-10)11(13)8-3-1-4-8;/h2,5-8,11H,1,3-4,13H2;1H. The van der Waals surface area contributed by atoms with Gasteiger partial charge >= 0.3 is 0 Å². The zero-order valence-corrected chi connectivity index (χ0v) is 8.77. The SMILES string of the molecule is Cl.NC(c1cccc(F)c1)C1CCC1. The monoisotopic (exact) mass is 215 g/mol. The summed E-state index contributed by atoms with van der Waals surface area (Å²) in [4.78, 5) is 0. The Morgan fingerprint density at radius 3 is 2.57 bits per heavy atom. The lowest BCUT2D eigenvalue weighted by Gasteiger charge is -2.31. The van der Waals surface area contributed by atoms with E-state index in [0.29, 0.717) is 5.92 Å². The second-order valence-electron chi connectivity index (χ2n) is 3.77. The number of hydrogen-bond acceptors (Lipinski definition) is 1. The first-order valence-corrected chi connectivity index (χ1v) is 4.78. The Hall–Kier alpha value is -0.600. The van der Waals surface area contributed by atoms with E-state index in [1.54, 1.807) is 12.1 Å². The summed E-state index contributed by atoms with van der Waals surface area (Å²) in [5, 5.41) is 0. The van der Waals surface area contributed by atoms with Gasteiger partial charge in [-0.2, -0.15) is 0 Å². The molecule has 0 aliphatic heterocycles. The van der Waals surface area contributed by atoms with Crippen LogP contribution in [0.25, 0.3) is 0 Å². The predicted octanol–water partition coefficient (Wildman–Crippen LogP) is 3.05. The van der Waals surface area contributed by atoms with Crippen LogP contribution in [0, 0.1) is 11.7 Å². The fourth-order valence-corrected chi connectivity index (χ4v) is 1.79. The summed E-state index contributed by atoms with van der Waals surface area (Å²) < 4.78 is 12.9. The van der Waals surface area contributed by atoms with Crippen LogP contribution in [0.1, 0.15) is 30.9 Å². The summed E-state index contributed by atoms with van der Waals surface area (Å²) >= 11 is 0. The van der Waals surface area contributed by atoms with E-state index in [4.69, 9.17) is 5.73 Å². The van der Waals surface area contributed by atoms with E-state index >= 15 is 0 Å². The van der Waals surface area contributed by atoms with Gasteiger partial charge in [0, 0.05) is 6.04 Å². The first-order valence-electron chi connectivity index (χ1n) is 4.78. The fraction of sp³-hybridized carbons (Fsp3) is 0.455. The predicted molar refractivity (Wildman–Crippen MR) is 57.9 cm³/mol. The van der Waals surface area contributed by atoms with Crippen LogP contribution in [-0.4, -0.2) is 0 Å². The van der Waals surface area contributed by atoms with E-state index in [1.807, 2.05) is 6.07 Å². The molecule has 2 rings (SSSR count). The first kappa shape index (κ1) is 11.5. The van der Waals surface area contributed by atoms with E-state index in [0.717, 1.165) is 5.56 Å². The summed E-state index contributed by atoms with van der Waals surface area (Å²) in [5.41, 5.74) is 6.94. The Morgan fingerprint density at radius 2 is 2.07 bits per heavy atom. The Morgan fingerprint density at radius 1 is 1.36 bits per heavy atom. The molecular formula is C11H15ClFN. The van der Waals surface area contributed by atoms with Gasteiger partial charge in [-0.1, -0.05) is 18.6 Å². The van der Waals surface area contributed by atoms with E-state index < -0.39 is 0 Å². The molecule has 0 spiro atoms. The average molecular weight is 216 g/mol. The molecule has 1 atom stereocenters. The summed E-state index contributed by atoms with van der Waals surface area (Å²) in [7, 11) is 0. The van der Waals surface area contributed by atoms with E-state index in [-0.39, 0.29) is 24.3 Å². The number of hydrogen-bond donors (Lipinski definition) is 1. The molecule has 1 nitrogen and oxygen atoms in total. The second kappa shape index (κ2) is 4.76. The highest BCUT2D eigenvalue weighted by Crippen LogP contribution is 2.36. The van der Waals surface area contributed by atoms with Gasteiger partial charge in [0.05, 0.1) is 0 Å². The van der Waals surface area contributed by atoms with Crippen LogP contribution in [0.2, 0.25) is 0 Å². The third-order valence-corrected chi connectivity index (χ3v) is 2.89. The van der Waals surface area contributed by atoms with Crippen molar-refractivity contribution in [2.45, 2.75) is 25.3 Å². The average Bonchev–Trinajstić information content (AvgIpc) is 2.01. The van der Waals surface area contributed by atoms with Gasteiger partial charge < -0.3 is 5.73 Å². The highest BCUT2D eigenvalue weighted by atomic mass is 35.5. The molecule has 14 heavy (non-hydrogen) atoms. The van der Waals surface area contributed by atoms with E-state index in [9.17, 15) is 4.39 Å². The van der Waals surface area contributed by atoms with Crippen molar-refractivity contribution in [1.29, 1.82) is 0 Å². The topological polar surface area (TPSA) is 26.0 Å². The van der Waals surface area contributed by atoms with E-state index in [2.05, 4.69) is 0 Å². The van der Waals surface area contributed by atoms with Gasteiger partial charge in [-0.3, -0.25) is 0 Å². The van der Waals surface area contributed by atoms with Gasteiger partial charge in [0.2, 0.25) is 0 Å². The third kappa shape index (κ3) is 2.25. The Labute approximate surface area is 89.9 Å². The third-order valence-electron chi connectivity index (χ3n) is 2.89. The summed E-state index contributed by atoms with van der Waals surface area (Å²) in [6.07, 6.45) is 3.66. The smallest absolute Gasteiger partial charge is 0.123 e. The minimum absolute atomic E-state index is 0. The molecule has 0 radical (unpaired) electrons. The van der Waals surface area contributed by atoms with Crippen LogP contribution in [-0.2, 0) is 0 Å². The Balaban J connectivity index is 0.000000980. The molecule has 0 amide bonds. The van der Waals surface area contributed by atoms with Gasteiger partial charge in [-0.15, -0.1) is 12.4 Å². The quantitative estimate of drug-likeness (QED) is 0.807. The van der Waals surface area contributed by atoms with Crippen molar-refractivity contribution in [2.24, 2.45) is 11.7 Å². The van der Waals surface area contributed by atoms with Crippen LogP contribution >= 0.6 is 12.4 Å². The van der Waals surface area contributed by atoms with Crippen LogP contribution in [0.5, 0.6) is 0 Å². The maximum Gasteiger partial charge on any atom is 0.123 e. The van der Waals surface area contributed by atoms with Crippen molar-refractivity contribution in [2.75, 3.05) is 0 Å². The molecule has 2 N–H and O–H groups in total. The van der Waals surface area contributed by atoms with Crippen molar-refractivity contribution < 1.29 is 4.39 Å². The molecule has 1 unspecified atom stereocenters. The molecule has 1 aromatic rings. The van der Waals surface area contributed by atoms with Gasteiger partial charge in [0.1, 0.15) is 5.82 Å². The minimum atomic E-state index is -0.188. The van der Waals surface area contributed by atoms with Crippen LogP contribution in [0.3, 0.4) is 0 Å². The van der Waals surface area contributed by atoms with Gasteiger partial charge in [0.25, 0.3) is 0 Å². The van der Waals surface area contributed by atoms with Crippen molar-refractivity contribution in [1.82, 2.24) is 0 Å². The van der Waals surface area contributed by atoms with Crippen LogP contribution in [0.4, 0.5) is 4.39 Å². The lowest BCUT2D eigenvalue weighted by atomic mass is 9.77. The highest BCUT2D eigenvalue weighted by molar-refractivity contribution is 5.85. The molecule has 0 heterocycles. The molecule has 1 saturated carbocycles. The zero-order chi connectivity index (χ0) is 9.26. The molecule has 1 fully saturated rings. The first-order chi connectivity index (χ1) is 6.27. The Bertz CT molecular complexity index is 299. The van der Waals surface area contributed by atoms with Crippen molar-refractivity contribution in [3.8, 4) is 0 Å². The number of rotatable bonds is 2. The molecule has 3 heteroatoms. The maximum atomic E-state index is 12.9. The lowest BCUT2D eigenvalue weighted by Crippen LogP contribution is -2.26. The summed E-state index contributed by atoms with van der Waals surface area (Å²) in [5.74, 6) is 0.383. The zero-order valence-electron chi connectivity index (χ0n) is 7.95. The molecule has 0 bridgehead atoms. The fourth-order valence-electron chi connectivity index (χ4n) is 1.79. The lowest BCUT2D eigenvalue weighted by molar-refractivity contribution is 0.264. The second-order valence-corrected chi connectivity index (χ2v) is 3.77. The van der Waals surface area contributed by atoms with Crippen LogP contribution < -0.4 is 5.73 Å². The minimum Gasteiger partial charge on any atom is -0.324 e. The number of benzene rings is 1. The summed E-state index contributed by atoms with van der Waals surface area (Å²) in [6, 6.07) is 6.67. The molecule has 1 aliphatic carbocycles. The van der Waals surface area contributed by atoms with Gasteiger partial charge in [-0.25, -0.2) is 4.39 Å². The molecular weight excluding hydrogens is 201 g/mol. The van der Waals surface area contributed by atoms with Crippen molar-refractivity contribution >= 4 is 12.4 Å². The van der Waals surface area contributed by atoms with Crippen LogP contribution in [0.15, 0.2) is 24.3 Å². The molecule has 0 aromatic heterocycles. The normalized spacial score (nSPS) is 18.1. The maximum absolute atomic E-state index is 12.9. The molecule has 78 valence electrons. The molecule has 0 saturated heterocycles. The number of halogens is 2. The van der Waals surface area contributed by atoms with Crippen molar-refractivity contribution in [3.63, 3.8) is 0 Å². The van der Waals surface area contributed by atoms with Crippen molar-refractivity contribution in [3.05, 3.63) is 35.6 Å².